The lowest BCUT2D eigenvalue weighted by Crippen LogP contribution is -2.28. The number of aliphatic hydroxyl groups excluding tert-OH is 1. The quantitative estimate of drug-likeness (QED) is 0.0478. The van der Waals surface area contributed by atoms with E-state index in [0.717, 1.165) is 51.4 Å². The Hall–Kier alpha value is -1.62. The van der Waals surface area contributed by atoms with Gasteiger partial charge in [0.2, 0.25) is 0 Å². The standard InChI is InChI=1S/C37H68O5/c1-3-5-7-9-11-13-15-17-18-20-22-24-26-28-30-32-37(40)42-35(33-38)34-41-36(39)31-29-27-25-23-21-19-16-14-12-10-8-6-4-2/h14,16-18,35,38H,3-13,15,19-34H2,1-2H3/b16-14-,18-17-. The molecule has 0 aliphatic rings. The number of aliphatic hydroxyl groups is 1. The van der Waals surface area contributed by atoms with Crippen LogP contribution in [0.1, 0.15) is 181 Å². The Morgan fingerprint density at radius 3 is 1.31 bits per heavy atom. The highest BCUT2D eigenvalue weighted by molar-refractivity contribution is 5.70. The average molecular weight is 593 g/mol. The Balaban J connectivity index is 3.59. The van der Waals surface area contributed by atoms with Gasteiger partial charge >= 0.3 is 11.9 Å². The van der Waals surface area contributed by atoms with E-state index in [9.17, 15) is 14.7 Å². The lowest BCUT2D eigenvalue weighted by atomic mass is 10.1. The number of esters is 2. The summed E-state index contributed by atoms with van der Waals surface area (Å²) in [6, 6.07) is 0. The summed E-state index contributed by atoms with van der Waals surface area (Å²) in [4.78, 5) is 24.1. The van der Waals surface area contributed by atoms with Crippen LogP contribution in [0.5, 0.6) is 0 Å². The molecule has 0 aliphatic carbocycles. The van der Waals surface area contributed by atoms with Gasteiger partial charge in [0.1, 0.15) is 6.61 Å². The first-order valence-electron chi connectivity index (χ1n) is 17.9. The summed E-state index contributed by atoms with van der Waals surface area (Å²) >= 11 is 0. The van der Waals surface area contributed by atoms with Crippen LogP contribution in [-0.4, -0.2) is 36.4 Å². The highest BCUT2D eigenvalue weighted by Gasteiger charge is 2.16. The molecule has 0 aromatic carbocycles. The molecular formula is C37H68O5. The first-order valence-corrected chi connectivity index (χ1v) is 17.9. The van der Waals surface area contributed by atoms with Crippen LogP contribution in [0.2, 0.25) is 0 Å². The van der Waals surface area contributed by atoms with E-state index in [0.29, 0.717) is 12.8 Å². The topological polar surface area (TPSA) is 72.8 Å². The van der Waals surface area contributed by atoms with Crippen molar-refractivity contribution >= 4 is 11.9 Å². The molecule has 0 heterocycles. The van der Waals surface area contributed by atoms with Gasteiger partial charge in [-0.05, 0) is 64.2 Å². The molecule has 0 amide bonds. The van der Waals surface area contributed by atoms with E-state index >= 15 is 0 Å². The van der Waals surface area contributed by atoms with Crippen LogP contribution < -0.4 is 0 Å². The van der Waals surface area contributed by atoms with Crippen molar-refractivity contribution in [1.82, 2.24) is 0 Å². The smallest absolute Gasteiger partial charge is 0.306 e. The van der Waals surface area contributed by atoms with E-state index in [1.54, 1.807) is 0 Å². The van der Waals surface area contributed by atoms with Crippen LogP contribution in [0.25, 0.3) is 0 Å². The molecule has 1 N–H and O–H groups in total. The molecule has 1 unspecified atom stereocenters. The van der Waals surface area contributed by atoms with Crippen molar-refractivity contribution in [2.24, 2.45) is 0 Å². The lowest BCUT2D eigenvalue weighted by molar-refractivity contribution is -0.161. The third-order valence-corrected chi connectivity index (χ3v) is 7.72. The molecule has 0 aromatic heterocycles. The number of unbranched alkanes of at least 4 members (excludes halogenated alkanes) is 20. The van der Waals surface area contributed by atoms with Crippen molar-refractivity contribution in [2.45, 2.75) is 187 Å². The lowest BCUT2D eigenvalue weighted by Gasteiger charge is -2.15. The molecule has 0 fully saturated rings. The van der Waals surface area contributed by atoms with E-state index in [-0.39, 0.29) is 25.2 Å². The monoisotopic (exact) mass is 593 g/mol. The Morgan fingerprint density at radius 2 is 0.881 bits per heavy atom. The maximum absolute atomic E-state index is 12.1. The molecule has 0 saturated heterocycles. The molecule has 1 atom stereocenters. The highest BCUT2D eigenvalue weighted by atomic mass is 16.6. The minimum Gasteiger partial charge on any atom is -0.462 e. The molecule has 5 heteroatoms. The minimum absolute atomic E-state index is 0.0712. The van der Waals surface area contributed by atoms with E-state index in [2.05, 4.69) is 38.2 Å². The van der Waals surface area contributed by atoms with Gasteiger partial charge in [-0.2, -0.15) is 0 Å². The van der Waals surface area contributed by atoms with Crippen molar-refractivity contribution in [3.8, 4) is 0 Å². The molecule has 5 nitrogen and oxygen atoms in total. The number of carbonyl (C=O) groups excluding carboxylic acids is 2. The average Bonchev–Trinajstić information content (AvgIpc) is 2.99. The van der Waals surface area contributed by atoms with E-state index in [1.165, 1.54) is 103 Å². The van der Waals surface area contributed by atoms with Gasteiger partial charge in [0.15, 0.2) is 6.10 Å². The first-order chi connectivity index (χ1) is 20.6. The van der Waals surface area contributed by atoms with E-state index in [4.69, 9.17) is 9.47 Å². The number of hydrogen-bond acceptors (Lipinski definition) is 5. The summed E-state index contributed by atoms with van der Waals surface area (Å²) in [7, 11) is 0. The van der Waals surface area contributed by atoms with Crippen molar-refractivity contribution in [3.05, 3.63) is 24.3 Å². The van der Waals surface area contributed by atoms with Gasteiger partial charge in [-0.25, -0.2) is 0 Å². The van der Waals surface area contributed by atoms with Crippen molar-refractivity contribution in [3.63, 3.8) is 0 Å². The third kappa shape index (κ3) is 31.3. The Bertz CT molecular complexity index is 642. The van der Waals surface area contributed by atoms with Crippen molar-refractivity contribution in [2.75, 3.05) is 13.2 Å². The van der Waals surface area contributed by atoms with Gasteiger partial charge in [-0.1, -0.05) is 128 Å². The maximum Gasteiger partial charge on any atom is 0.306 e. The molecule has 0 bridgehead atoms. The molecule has 0 spiro atoms. The summed E-state index contributed by atoms with van der Waals surface area (Å²) in [6.45, 7) is 4.09. The fourth-order valence-electron chi connectivity index (χ4n) is 4.95. The van der Waals surface area contributed by atoms with Gasteiger partial charge < -0.3 is 14.6 Å². The Labute approximate surface area is 260 Å². The van der Waals surface area contributed by atoms with Gasteiger partial charge in [0.25, 0.3) is 0 Å². The molecule has 42 heavy (non-hydrogen) atoms. The SMILES string of the molecule is CCCCCC/C=C\CCCCCCCC(=O)OCC(CO)OC(=O)CCCCCCC/C=C\CCCCCCCC. The van der Waals surface area contributed by atoms with E-state index < -0.39 is 6.10 Å². The van der Waals surface area contributed by atoms with Gasteiger partial charge in [0, 0.05) is 12.8 Å². The summed E-state index contributed by atoms with van der Waals surface area (Å²) in [6.07, 6.45) is 38.0. The molecule has 246 valence electrons. The number of hydrogen-bond donors (Lipinski definition) is 1. The second kappa shape index (κ2) is 33.9. The first kappa shape index (κ1) is 40.4. The summed E-state index contributed by atoms with van der Waals surface area (Å²) in [5, 5.41) is 9.51. The largest absolute Gasteiger partial charge is 0.462 e. The summed E-state index contributed by atoms with van der Waals surface area (Å²) in [5.41, 5.74) is 0. The Kier molecular flexibility index (Phi) is 32.6. The predicted octanol–water partition coefficient (Wildman–Crippen LogP) is 10.7. The fraction of sp³-hybridized carbons (Fsp3) is 0.838. The van der Waals surface area contributed by atoms with Crippen LogP contribution >= 0.6 is 0 Å². The van der Waals surface area contributed by atoms with Crippen LogP contribution in [0, 0.1) is 0 Å². The van der Waals surface area contributed by atoms with Gasteiger partial charge in [-0.15, -0.1) is 0 Å². The highest BCUT2D eigenvalue weighted by Crippen LogP contribution is 2.12. The van der Waals surface area contributed by atoms with E-state index in [1.807, 2.05) is 0 Å². The molecule has 0 saturated carbocycles. The zero-order valence-electron chi connectivity index (χ0n) is 27.8. The number of ether oxygens (including phenoxy) is 2. The molecular weight excluding hydrogens is 524 g/mol. The number of allylic oxidation sites excluding steroid dienone is 4. The maximum atomic E-state index is 12.1. The molecule has 0 aromatic rings. The minimum atomic E-state index is -0.774. The van der Waals surface area contributed by atoms with Crippen LogP contribution in [0.3, 0.4) is 0 Å². The third-order valence-electron chi connectivity index (χ3n) is 7.72. The van der Waals surface area contributed by atoms with Crippen LogP contribution in [-0.2, 0) is 19.1 Å². The second-order valence-electron chi connectivity index (χ2n) is 11.9. The zero-order valence-corrected chi connectivity index (χ0v) is 27.8. The molecule has 0 rings (SSSR count). The zero-order chi connectivity index (χ0) is 30.8. The van der Waals surface area contributed by atoms with Crippen LogP contribution in [0.15, 0.2) is 24.3 Å². The molecule has 0 aliphatic heterocycles. The molecule has 0 radical (unpaired) electrons. The normalized spacial score (nSPS) is 12.4. The van der Waals surface area contributed by atoms with Crippen molar-refractivity contribution < 1.29 is 24.2 Å². The Morgan fingerprint density at radius 1 is 0.524 bits per heavy atom. The predicted molar refractivity (Wildman–Crippen MR) is 178 cm³/mol. The number of carbonyl (C=O) groups is 2. The fourth-order valence-corrected chi connectivity index (χ4v) is 4.95. The van der Waals surface area contributed by atoms with Crippen molar-refractivity contribution in [1.29, 1.82) is 0 Å². The van der Waals surface area contributed by atoms with Crippen LogP contribution in [0.4, 0.5) is 0 Å². The second-order valence-corrected chi connectivity index (χ2v) is 11.9. The summed E-state index contributed by atoms with van der Waals surface area (Å²) in [5.74, 6) is -0.609. The number of rotatable bonds is 32. The van der Waals surface area contributed by atoms with Gasteiger partial charge in [-0.3, -0.25) is 9.59 Å². The van der Waals surface area contributed by atoms with Gasteiger partial charge in [0.05, 0.1) is 6.61 Å². The summed E-state index contributed by atoms with van der Waals surface area (Å²) < 4.78 is 10.6.